The second-order valence-corrected chi connectivity index (χ2v) is 4.87. The van der Waals surface area contributed by atoms with Gasteiger partial charge in [-0.15, -0.1) is 0 Å². The molecule has 0 aliphatic heterocycles. The molecule has 0 radical (unpaired) electrons. The molecule has 0 saturated carbocycles. The van der Waals surface area contributed by atoms with Gasteiger partial charge in [0.05, 0.1) is 0 Å². The van der Waals surface area contributed by atoms with Gasteiger partial charge in [0.15, 0.2) is 5.41 Å². The summed E-state index contributed by atoms with van der Waals surface area (Å²) in [6.07, 6.45) is 3.92. The van der Waals surface area contributed by atoms with Crippen molar-refractivity contribution in [1.29, 1.82) is 0 Å². The standard InChI is InChI=1S/C10H17IO4/c1-10(8(12)13,9(14)15)6-4-2-3-5-7-11/h2-7H2,1H3,(H,12,13)(H,14,15). The summed E-state index contributed by atoms with van der Waals surface area (Å²) < 4.78 is 1.09. The third-order valence-electron chi connectivity index (χ3n) is 2.50. The van der Waals surface area contributed by atoms with Crippen LogP contribution in [-0.2, 0) is 9.59 Å². The van der Waals surface area contributed by atoms with Gasteiger partial charge in [0.1, 0.15) is 0 Å². The number of hydrogen-bond donors (Lipinski definition) is 2. The first-order valence-corrected chi connectivity index (χ1v) is 6.50. The topological polar surface area (TPSA) is 74.6 Å². The van der Waals surface area contributed by atoms with Gasteiger partial charge in [0, 0.05) is 0 Å². The van der Waals surface area contributed by atoms with Crippen LogP contribution in [-0.4, -0.2) is 26.6 Å². The lowest BCUT2D eigenvalue weighted by molar-refractivity contribution is -0.163. The van der Waals surface area contributed by atoms with Crippen molar-refractivity contribution in [1.82, 2.24) is 0 Å². The summed E-state index contributed by atoms with van der Waals surface area (Å²) >= 11 is 2.29. The Morgan fingerprint density at radius 2 is 1.53 bits per heavy atom. The summed E-state index contributed by atoms with van der Waals surface area (Å²) in [5.41, 5.74) is -1.62. The molecule has 0 atom stereocenters. The molecule has 0 aromatic rings. The lowest BCUT2D eigenvalue weighted by Gasteiger charge is -2.19. The average Bonchev–Trinajstić information content (AvgIpc) is 2.16. The normalized spacial score (nSPS) is 11.3. The maximum absolute atomic E-state index is 10.8. The van der Waals surface area contributed by atoms with E-state index in [0.29, 0.717) is 6.42 Å². The Kier molecular flexibility index (Phi) is 6.87. The molecule has 0 unspecified atom stereocenters. The molecule has 0 heterocycles. The minimum absolute atomic E-state index is 0.207. The van der Waals surface area contributed by atoms with Crippen LogP contribution in [0, 0.1) is 5.41 Å². The van der Waals surface area contributed by atoms with Gasteiger partial charge >= 0.3 is 11.9 Å². The Labute approximate surface area is 103 Å². The van der Waals surface area contributed by atoms with Crippen LogP contribution >= 0.6 is 22.6 Å². The van der Waals surface area contributed by atoms with Crippen molar-refractivity contribution in [3.05, 3.63) is 0 Å². The van der Waals surface area contributed by atoms with Crippen LogP contribution < -0.4 is 0 Å². The summed E-state index contributed by atoms with van der Waals surface area (Å²) in [7, 11) is 0. The molecule has 15 heavy (non-hydrogen) atoms. The van der Waals surface area contributed by atoms with E-state index in [1.807, 2.05) is 0 Å². The van der Waals surface area contributed by atoms with Crippen LogP contribution in [0.5, 0.6) is 0 Å². The molecule has 0 spiro atoms. The maximum Gasteiger partial charge on any atom is 0.320 e. The predicted octanol–water partition coefficient (Wildman–Crippen LogP) is 2.55. The van der Waals surface area contributed by atoms with E-state index in [2.05, 4.69) is 22.6 Å². The van der Waals surface area contributed by atoms with Gasteiger partial charge in [0.25, 0.3) is 0 Å². The van der Waals surface area contributed by atoms with E-state index in [0.717, 1.165) is 23.7 Å². The fourth-order valence-electron chi connectivity index (χ4n) is 1.23. The molecule has 0 bridgehead atoms. The van der Waals surface area contributed by atoms with Crippen molar-refractivity contribution in [2.75, 3.05) is 4.43 Å². The highest BCUT2D eigenvalue weighted by molar-refractivity contribution is 14.1. The van der Waals surface area contributed by atoms with E-state index < -0.39 is 17.4 Å². The quantitative estimate of drug-likeness (QED) is 0.311. The molecule has 2 N–H and O–H groups in total. The van der Waals surface area contributed by atoms with E-state index in [1.54, 1.807) is 0 Å². The van der Waals surface area contributed by atoms with Crippen LogP contribution in [0.2, 0.25) is 0 Å². The Morgan fingerprint density at radius 3 is 1.93 bits per heavy atom. The molecule has 4 nitrogen and oxygen atoms in total. The Balaban J connectivity index is 3.99. The van der Waals surface area contributed by atoms with E-state index in [-0.39, 0.29) is 6.42 Å². The number of hydrogen-bond acceptors (Lipinski definition) is 2. The number of carboxylic acid groups (broad SMARTS) is 2. The molecule has 0 saturated heterocycles. The highest BCUT2D eigenvalue weighted by Crippen LogP contribution is 2.25. The first-order chi connectivity index (χ1) is 6.95. The monoisotopic (exact) mass is 328 g/mol. The fourth-order valence-corrected chi connectivity index (χ4v) is 1.77. The van der Waals surface area contributed by atoms with Gasteiger partial charge in [-0.25, -0.2) is 0 Å². The Hall–Kier alpha value is -0.330. The zero-order valence-corrected chi connectivity index (χ0v) is 11.0. The second-order valence-electron chi connectivity index (χ2n) is 3.80. The molecule has 88 valence electrons. The number of alkyl halides is 1. The lowest BCUT2D eigenvalue weighted by atomic mass is 9.85. The van der Waals surface area contributed by atoms with Crippen LogP contribution in [0.15, 0.2) is 0 Å². The second kappa shape index (κ2) is 7.03. The van der Waals surface area contributed by atoms with Gasteiger partial charge in [-0.1, -0.05) is 41.9 Å². The fraction of sp³-hybridized carbons (Fsp3) is 0.800. The lowest BCUT2D eigenvalue weighted by Crippen LogP contribution is -2.36. The summed E-state index contributed by atoms with van der Waals surface area (Å²) in [5.74, 6) is -2.49. The molecule has 0 aromatic heterocycles. The number of rotatable bonds is 8. The smallest absolute Gasteiger partial charge is 0.320 e. The Bertz CT molecular complexity index is 213. The number of carbonyl (C=O) groups is 2. The summed E-state index contributed by atoms with van der Waals surface area (Å²) in [5, 5.41) is 17.6. The zero-order chi connectivity index (χ0) is 11.9. The number of halogens is 1. The summed E-state index contributed by atoms with van der Waals surface area (Å²) in [6.45, 7) is 1.27. The van der Waals surface area contributed by atoms with Crippen LogP contribution in [0.1, 0.15) is 39.0 Å². The first kappa shape index (κ1) is 14.7. The minimum atomic E-state index is -1.62. The van der Waals surface area contributed by atoms with Gasteiger partial charge in [-0.3, -0.25) is 9.59 Å². The van der Waals surface area contributed by atoms with E-state index in [1.165, 1.54) is 6.92 Å². The molecule has 0 aromatic carbocycles. The van der Waals surface area contributed by atoms with Crippen molar-refractivity contribution in [2.45, 2.75) is 39.0 Å². The van der Waals surface area contributed by atoms with E-state index in [4.69, 9.17) is 10.2 Å². The van der Waals surface area contributed by atoms with Gasteiger partial charge in [-0.05, 0) is 24.2 Å². The third kappa shape index (κ3) is 4.81. The molecular weight excluding hydrogens is 311 g/mol. The van der Waals surface area contributed by atoms with Crippen molar-refractivity contribution in [3.8, 4) is 0 Å². The van der Waals surface area contributed by atoms with Crippen LogP contribution in [0.4, 0.5) is 0 Å². The van der Waals surface area contributed by atoms with Gasteiger partial charge in [0.2, 0.25) is 0 Å². The summed E-state index contributed by atoms with van der Waals surface area (Å²) in [4.78, 5) is 21.6. The number of aliphatic carboxylic acids is 2. The average molecular weight is 328 g/mol. The van der Waals surface area contributed by atoms with Crippen LogP contribution in [0.25, 0.3) is 0 Å². The van der Waals surface area contributed by atoms with Crippen molar-refractivity contribution >= 4 is 34.5 Å². The number of unbranched alkanes of at least 4 members (excludes halogenated alkanes) is 3. The SMILES string of the molecule is CC(CCCCCCI)(C(=O)O)C(=O)O. The Morgan fingerprint density at radius 1 is 1.07 bits per heavy atom. The van der Waals surface area contributed by atoms with Crippen molar-refractivity contribution < 1.29 is 19.8 Å². The third-order valence-corrected chi connectivity index (χ3v) is 3.27. The van der Waals surface area contributed by atoms with E-state index >= 15 is 0 Å². The highest BCUT2D eigenvalue weighted by atomic mass is 127. The first-order valence-electron chi connectivity index (χ1n) is 4.98. The molecule has 5 heteroatoms. The van der Waals surface area contributed by atoms with Crippen molar-refractivity contribution in [2.24, 2.45) is 5.41 Å². The largest absolute Gasteiger partial charge is 0.480 e. The van der Waals surface area contributed by atoms with Crippen molar-refractivity contribution in [3.63, 3.8) is 0 Å². The highest BCUT2D eigenvalue weighted by Gasteiger charge is 2.40. The summed E-state index contributed by atoms with van der Waals surface area (Å²) in [6, 6.07) is 0. The maximum atomic E-state index is 10.8. The minimum Gasteiger partial charge on any atom is -0.480 e. The van der Waals surface area contributed by atoms with Gasteiger partial charge in [-0.2, -0.15) is 0 Å². The molecular formula is C10H17IO4. The molecule has 0 aliphatic carbocycles. The molecule has 0 rings (SSSR count). The number of carboxylic acids is 2. The molecule has 0 amide bonds. The zero-order valence-electron chi connectivity index (χ0n) is 8.83. The van der Waals surface area contributed by atoms with E-state index in [9.17, 15) is 9.59 Å². The molecule has 0 fully saturated rings. The van der Waals surface area contributed by atoms with Gasteiger partial charge < -0.3 is 10.2 Å². The van der Waals surface area contributed by atoms with Crippen LogP contribution in [0.3, 0.4) is 0 Å². The molecule has 0 aliphatic rings. The predicted molar refractivity (Wildman–Crippen MR) is 65.4 cm³/mol.